The van der Waals surface area contributed by atoms with Gasteiger partial charge in [-0.1, -0.05) is 18.2 Å². The molecule has 6 nitrogen and oxygen atoms in total. The average Bonchev–Trinajstić information content (AvgIpc) is 3.45. The average molecular weight is 418 g/mol. The van der Waals surface area contributed by atoms with Crippen LogP contribution in [-0.4, -0.2) is 39.8 Å². The minimum atomic E-state index is -0.259. The smallest absolute Gasteiger partial charge is 0.271 e. The number of hydrogen-bond donors (Lipinski definition) is 1. The molecular formula is C24H23FN4O2. The number of carbonyl (C=O) groups is 1. The largest absolute Gasteiger partial charge is 0.381 e. The quantitative estimate of drug-likeness (QED) is 0.531. The first-order chi connectivity index (χ1) is 15.2. The molecule has 31 heavy (non-hydrogen) atoms. The van der Waals surface area contributed by atoms with Crippen molar-refractivity contribution in [2.75, 3.05) is 19.8 Å². The van der Waals surface area contributed by atoms with Crippen LogP contribution in [-0.2, 0) is 4.74 Å². The van der Waals surface area contributed by atoms with Gasteiger partial charge in [0.15, 0.2) is 5.69 Å². The van der Waals surface area contributed by atoms with E-state index in [0.717, 1.165) is 48.5 Å². The van der Waals surface area contributed by atoms with Crippen molar-refractivity contribution in [3.63, 3.8) is 0 Å². The number of rotatable bonds is 5. The van der Waals surface area contributed by atoms with Gasteiger partial charge >= 0.3 is 0 Å². The number of nitrogens with zero attached hydrogens (tertiary/aromatic N) is 3. The van der Waals surface area contributed by atoms with E-state index in [1.807, 2.05) is 34.9 Å². The molecule has 0 bridgehead atoms. The summed E-state index contributed by atoms with van der Waals surface area (Å²) < 4.78 is 22.3. The number of benzene rings is 1. The Morgan fingerprint density at radius 3 is 2.58 bits per heavy atom. The molecule has 0 saturated carbocycles. The van der Waals surface area contributed by atoms with Gasteiger partial charge in [-0.05, 0) is 66.3 Å². The first-order valence-electron chi connectivity index (χ1n) is 10.5. The molecule has 4 heterocycles. The molecule has 0 unspecified atom stereocenters. The molecule has 7 heteroatoms. The lowest BCUT2D eigenvalue weighted by molar-refractivity contribution is 0.0642. The van der Waals surface area contributed by atoms with Gasteiger partial charge in [0.25, 0.3) is 5.91 Å². The zero-order valence-corrected chi connectivity index (χ0v) is 17.0. The van der Waals surface area contributed by atoms with Crippen molar-refractivity contribution < 1.29 is 13.9 Å². The highest BCUT2D eigenvalue weighted by atomic mass is 19.1. The van der Waals surface area contributed by atoms with Crippen molar-refractivity contribution in [3.8, 4) is 16.9 Å². The Bertz CT molecular complexity index is 1210. The van der Waals surface area contributed by atoms with Crippen LogP contribution in [0.15, 0.2) is 67.0 Å². The third-order valence-corrected chi connectivity index (χ3v) is 5.76. The summed E-state index contributed by atoms with van der Waals surface area (Å²) in [5.41, 5.74) is 3.28. The summed E-state index contributed by atoms with van der Waals surface area (Å²) >= 11 is 0. The number of fused-ring (bicyclic) bond motifs is 1. The van der Waals surface area contributed by atoms with Crippen LogP contribution in [0.25, 0.3) is 22.5 Å². The van der Waals surface area contributed by atoms with Gasteiger partial charge in [-0.2, -0.15) is 5.10 Å². The number of pyridine rings is 1. The SMILES string of the molecule is O=C(NCC1CCOCC1)c1ccn(-c2ccc3ccc(-c4ccc(F)cc4)cn23)n1. The summed E-state index contributed by atoms with van der Waals surface area (Å²) in [7, 11) is 0. The molecule has 0 spiro atoms. The highest BCUT2D eigenvalue weighted by Crippen LogP contribution is 2.23. The summed E-state index contributed by atoms with van der Waals surface area (Å²) in [4.78, 5) is 12.5. The van der Waals surface area contributed by atoms with Crippen LogP contribution in [0.3, 0.4) is 0 Å². The Kier molecular flexibility index (Phi) is 5.26. The number of amides is 1. The fraction of sp³-hybridized carbons (Fsp3) is 0.250. The molecule has 0 atom stereocenters. The van der Waals surface area contributed by atoms with Gasteiger partial charge in [-0.15, -0.1) is 0 Å². The van der Waals surface area contributed by atoms with Gasteiger partial charge in [0.05, 0.1) is 0 Å². The molecule has 0 aliphatic carbocycles. The van der Waals surface area contributed by atoms with Crippen molar-refractivity contribution >= 4 is 11.4 Å². The number of carbonyl (C=O) groups excluding carboxylic acids is 1. The van der Waals surface area contributed by atoms with Crippen molar-refractivity contribution in [1.82, 2.24) is 19.5 Å². The summed E-state index contributed by atoms with van der Waals surface area (Å²) in [6, 6.07) is 16.1. The molecule has 1 amide bonds. The summed E-state index contributed by atoms with van der Waals surface area (Å²) in [6.07, 6.45) is 5.72. The minimum absolute atomic E-state index is 0.168. The lowest BCUT2D eigenvalue weighted by Crippen LogP contribution is -2.32. The minimum Gasteiger partial charge on any atom is -0.381 e. The molecule has 3 aromatic heterocycles. The fourth-order valence-electron chi connectivity index (χ4n) is 3.94. The number of halogens is 1. The maximum Gasteiger partial charge on any atom is 0.271 e. The second-order valence-corrected chi connectivity index (χ2v) is 7.82. The fourth-order valence-corrected chi connectivity index (χ4v) is 3.94. The Morgan fingerprint density at radius 1 is 1.03 bits per heavy atom. The first kappa shape index (κ1) is 19.5. The van der Waals surface area contributed by atoms with Crippen molar-refractivity contribution in [2.45, 2.75) is 12.8 Å². The van der Waals surface area contributed by atoms with E-state index in [2.05, 4.69) is 10.4 Å². The van der Waals surface area contributed by atoms with Crippen LogP contribution in [0.1, 0.15) is 23.3 Å². The molecule has 1 saturated heterocycles. The van der Waals surface area contributed by atoms with E-state index in [-0.39, 0.29) is 11.7 Å². The highest BCUT2D eigenvalue weighted by molar-refractivity contribution is 5.92. The van der Waals surface area contributed by atoms with E-state index in [1.54, 1.807) is 29.1 Å². The molecule has 1 aliphatic rings. The third kappa shape index (κ3) is 4.09. The van der Waals surface area contributed by atoms with Crippen LogP contribution in [0.2, 0.25) is 0 Å². The number of hydrogen-bond acceptors (Lipinski definition) is 3. The molecule has 1 aliphatic heterocycles. The van der Waals surface area contributed by atoms with E-state index in [4.69, 9.17) is 4.74 Å². The van der Waals surface area contributed by atoms with Crippen LogP contribution < -0.4 is 5.32 Å². The lowest BCUT2D eigenvalue weighted by atomic mass is 10.0. The highest BCUT2D eigenvalue weighted by Gasteiger charge is 2.17. The number of aromatic nitrogens is 3. The molecule has 1 N–H and O–H groups in total. The van der Waals surface area contributed by atoms with Gasteiger partial charge in [0.1, 0.15) is 11.6 Å². The first-order valence-corrected chi connectivity index (χ1v) is 10.5. The second kappa shape index (κ2) is 8.35. The van der Waals surface area contributed by atoms with Crippen LogP contribution >= 0.6 is 0 Å². The van der Waals surface area contributed by atoms with Crippen LogP contribution in [0.5, 0.6) is 0 Å². The van der Waals surface area contributed by atoms with Gasteiger partial charge in [0.2, 0.25) is 0 Å². The van der Waals surface area contributed by atoms with Gasteiger partial charge < -0.3 is 14.5 Å². The summed E-state index contributed by atoms with van der Waals surface area (Å²) in [5, 5.41) is 7.48. The van der Waals surface area contributed by atoms with E-state index in [1.165, 1.54) is 12.1 Å². The van der Waals surface area contributed by atoms with Crippen LogP contribution in [0, 0.1) is 11.7 Å². The Hall–Kier alpha value is -3.45. The lowest BCUT2D eigenvalue weighted by Gasteiger charge is -2.21. The third-order valence-electron chi connectivity index (χ3n) is 5.76. The van der Waals surface area contributed by atoms with Crippen molar-refractivity contribution in [1.29, 1.82) is 0 Å². The van der Waals surface area contributed by atoms with Crippen molar-refractivity contribution in [3.05, 3.63) is 78.5 Å². The van der Waals surface area contributed by atoms with E-state index in [9.17, 15) is 9.18 Å². The topological polar surface area (TPSA) is 60.6 Å². The Labute approximate surface area is 179 Å². The van der Waals surface area contributed by atoms with Crippen molar-refractivity contribution in [2.24, 2.45) is 5.92 Å². The monoisotopic (exact) mass is 418 g/mol. The Balaban J connectivity index is 1.37. The predicted molar refractivity (Wildman–Crippen MR) is 116 cm³/mol. The molecular weight excluding hydrogens is 395 g/mol. The standard InChI is InChI=1S/C24H23FN4O2/c25-20-4-1-18(2-5-20)19-3-6-21-7-8-23(28(21)16-19)29-12-9-22(27-29)24(30)26-15-17-10-13-31-14-11-17/h1-9,12,16-17H,10-11,13-15H2,(H,26,30). The van der Waals surface area contributed by atoms with Gasteiger partial charge in [-0.25, -0.2) is 9.07 Å². The Morgan fingerprint density at radius 2 is 1.77 bits per heavy atom. The molecule has 0 radical (unpaired) electrons. The summed E-state index contributed by atoms with van der Waals surface area (Å²) in [6.45, 7) is 2.16. The molecule has 1 fully saturated rings. The summed E-state index contributed by atoms with van der Waals surface area (Å²) in [5.74, 6) is 0.852. The van der Waals surface area contributed by atoms with Gasteiger partial charge in [-0.3, -0.25) is 4.79 Å². The van der Waals surface area contributed by atoms with E-state index in [0.29, 0.717) is 18.2 Å². The molecule has 1 aromatic carbocycles. The van der Waals surface area contributed by atoms with E-state index < -0.39 is 0 Å². The normalized spacial score (nSPS) is 14.7. The maximum atomic E-state index is 13.3. The molecule has 4 aromatic rings. The zero-order chi connectivity index (χ0) is 21.2. The maximum absolute atomic E-state index is 13.3. The predicted octanol–water partition coefficient (Wildman–Crippen LogP) is 4.09. The number of ether oxygens (including phenoxy) is 1. The van der Waals surface area contributed by atoms with Gasteiger partial charge in [0, 0.05) is 37.7 Å². The number of nitrogens with one attached hydrogen (secondary N) is 1. The van der Waals surface area contributed by atoms with E-state index >= 15 is 0 Å². The van der Waals surface area contributed by atoms with Crippen LogP contribution in [0.4, 0.5) is 4.39 Å². The second-order valence-electron chi connectivity index (χ2n) is 7.82. The molecule has 5 rings (SSSR count). The molecule has 158 valence electrons. The zero-order valence-electron chi connectivity index (χ0n) is 17.0.